The zero-order valence-electron chi connectivity index (χ0n) is 9.14. The molecular weight excluding hydrogens is 206 g/mol. The second kappa shape index (κ2) is 5.09. The smallest absolute Gasteiger partial charge is 0.293 e. The topological polar surface area (TPSA) is 99.0 Å². The first-order valence-corrected chi connectivity index (χ1v) is 4.72. The maximum Gasteiger partial charge on any atom is 0.293 e. The number of aromatic nitrogens is 1. The molecule has 6 nitrogen and oxygen atoms in total. The van der Waals surface area contributed by atoms with Crippen LogP contribution in [0.5, 0.6) is 5.88 Å². The predicted molar refractivity (Wildman–Crippen MR) is 58.5 cm³/mol. The van der Waals surface area contributed by atoms with E-state index in [-0.39, 0.29) is 17.8 Å². The van der Waals surface area contributed by atoms with Crippen molar-refractivity contribution >= 4 is 5.84 Å². The number of nitrogens with zero attached hydrogens (tertiary/aromatic N) is 3. The molecule has 16 heavy (non-hydrogen) atoms. The first kappa shape index (κ1) is 11.9. The first-order valence-electron chi connectivity index (χ1n) is 4.72. The van der Waals surface area contributed by atoms with Crippen molar-refractivity contribution in [3.05, 3.63) is 23.9 Å². The zero-order valence-corrected chi connectivity index (χ0v) is 9.14. The van der Waals surface area contributed by atoms with E-state index in [4.69, 9.17) is 16.5 Å². The van der Waals surface area contributed by atoms with Crippen molar-refractivity contribution in [2.24, 2.45) is 5.84 Å². The third-order valence-corrected chi connectivity index (χ3v) is 1.93. The highest BCUT2D eigenvalue weighted by Crippen LogP contribution is 2.09. The maximum absolute atomic E-state index is 8.35. The number of hydrazine groups is 1. The molecular formula is C10H13N5O. The van der Waals surface area contributed by atoms with Gasteiger partial charge in [0, 0.05) is 12.1 Å². The number of hydrogen-bond donors (Lipinski definition) is 2. The van der Waals surface area contributed by atoms with Crippen LogP contribution in [0.4, 0.5) is 0 Å². The van der Waals surface area contributed by atoms with Crippen molar-refractivity contribution in [3.63, 3.8) is 0 Å². The SMILES string of the molecule is CC(C)N(N)C(=N)c1cccc(OC#N)n1. The van der Waals surface area contributed by atoms with Crippen molar-refractivity contribution in [1.82, 2.24) is 9.99 Å². The summed E-state index contributed by atoms with van der Waals surface area (Å²) in [4.78, 5) is 3.97. The molecule has 0 saturated heterocycles. The Morgan fingerprint density at radius 2 is 2.31 bits per heavy atom. The highest BCUT2D eigenvalue weighted by Gasteiger charge is 2.13. The van der Waals surface area contributed by atoms with Gasteiger partial charge in [0.05, 0.1) is 0 Å². The Balaban J connectivity index is 2.92. The van der Waals surface area contributed by atoms with E-state index in [9.17, 15) is 0 Å². The summed E-state index contributed by atoms with van der Waals surface area (Å²) in [5, 5.41) is 17.4. The van der Waals surface area contributed by atoms with Crippen LogP contribution < -0.4 is 10.6 Å². The predicted octanol–water partition coefficient (Wildman–Crippen LogP) is 0.851. The largest absolute Gasteiger partial charge is 0.367 e. The molecule has 1 aromatic rings. The van der Waals surface area contributed by atoms with E-state index in [1.165, 1.54) is 17.3 Å². The van der Waals surface area contributed by atoms with Gasteiger partial charge in [-0.25, -0.2) is 10.8 Å². The highest BCUT2D eigenvalue weighted by atomic mass is 16.5. The number of nitrogens with one attached hydrogen (secondary N) is 1. The highest BCUT2D eigenvalue weighted by molar-refractivity contribution is 5.94. The molecule has 1 heterocycles. The molecule has 0 atom stereocenters. The van der Waals surface area contributed by atoms with E-state index in [0.717, 1.165) is 0 Å². The molecule has 0 saturated carbocycles. The number of nitrogens with two attached hydrogens (primary N) is 1. The number of amidine groups is 1. The molecule has 0 aliphatic carbocycles. The van der Waals surface area contributed by atoms with Crippen LogP contribution in [0.15, 0.2) is 18.2 Å². The van der Waals surface area contributed by atoms with E-state index in [2.05, 4.69) is 9.72 Å². The van der Waals surface area contributed by atoms with Crippen molar-refractivity contribution in [2.75, 3.05) is 0 Å². The van der Waals surface area contributed by atoms with Gasteiger partial charge in [0.2, 0.25) is 5.88 Å². The van der Waals surface area contributed by atoms with Gasteiger partial charge in [0.1, 0.15) is 5.69 Å². The summed E-state index contributed by atoms with van der Waals surface area (Å²) in [6.45, 7) is 3.73. The van der Waals surface area contributed by atoms with Gasteiger partial charge in [0.15, 0.2) is 5.84 Å². The normalized spacial score (nSPS) is 9.69. The minimum Gasteiger partial charge on any atom is -0.367 e. The van der Waals surface area contributed by atoms with Crippen LogP contribution in [0.1, 0.15) is 19.5 Å². The van der Waals surface area contributed by atoms with Crippen LogP contribution in [0.25, 0.3) is 0 Å². The molecule has 0 aliphatic heterocycles. The number of ether oxygens (including phenoxy) is 1. The van der Waals surface area contributed by atoms with Gasteiger partial charge < -0.3 is 4.74 Å². The molecule has 0 spiro atoms. The van der Waals surface area contributed by atoms with Crippen molar-refractivity contribution < 1.29 is 4.74 Å². The summed E-state index contributed by atoms with van der Waals surface area (Å²) in [5.74, 6) is 5.92. The summed E-state index contributed by atoms with van der Waals surface area (Å²) in [6.07, 6.45) is 1.52. The quantitative estimate of drug-likeness (QED) is 0.258. The lowest BCUT2D eigenvalue weighted by Gasteiger charge is -2.22. The van der Waals surface area contributed by atoms with Gasteiger partial charge in [-0.1, -0.05) is 6.07 Å². The fourth-order valence-electron chi connectivity index (χ4n) is 1.04. The van der Waals surface area contributed by atoms with Crippen molar-refractivity contribution in [1.29, 1.82) is 10.7 Å². The van der Waals surface area contributed by atoms with Gasteiger partial charge in [-0.2, -0.15) is 0 Å². The van der Waals surface area contributed by atoms with E-state index < -0.39 is 0 Å². The molecule has 84 valence electrons. The summed E-state index contributed by atoms with van der Waals surface area (Å²) < 4.78 is 4.58. The molecule has 0 unspecified atom stereocenters. The van der Waals surface area contributed by atoms with Gasteiger partial charge in [-0.3, -0.25) is 10.4 Å². The molecule has 1 rings (SSSR count). The minimum absolute atomic E-state index is 0.00478. The van der Waals surface area contributed by atoms with Gasteiger partial charge >= 0.3 is 0 Å². The van der Waals surface area contributed by atoms with Crippen molar-refractivity contribution in [3.8, 4) is 12.1 Å². The second-order valence-electron chi connectivity index (χ2n) is 3.40. The van der Waals surface area contributed by atoms with Crippen molar-refractivity contribution in [2.45, 2.75) is 19.9 Å². The number of hydrogen-bond acceptors (Lipinski definition) is 5. The standard InChI is InChI=1S/C10H13N5O/c1-7(2)15(13)10(12)8-4-3-5-9(14-8)16-6-11/h3-5,7,12H,13H2,1-2H3. The molecule has 0 amide bonds. The van der Waals surface area contributed by atoms with Crippen LogP contribution in [0.3, 0.4) is 0 Å². The number of nitriles is 1. The molecule has 3 N–H and O–H groups in total. The minimum atomic E-state index is -0.00478. The van der Waals surface area contributed by atoms with Crippen LogP contribution in [0, 0.1) is 16.9 Å². The lowest BCUT2D eigenvalue weighted by Crippen LogP contribution is -2.43. The monoisotopic (exact) mass is 219 g/mol. The number of pyridine rings is 1. The Hall–Kier alpha value is -2.13. The third-order valence-electron chi connectivity index (χ3n) is 1.93. The molecule has 0 radical (unpaired) electrons. The summed E-state index contributed by atoms with van der Waals surface area (Å²) in [7, 11) is 0. The van der Waals surface area contributed by atoms with Gasteiger partial charge in [-0.15, -0.1) is 5.26 Å². The lowest BCUT2D eigenvalue weighted by atomic mass is 10.3. The van der Waals surface area contributed by atoms with E-state index in [0.29, 0.717) is 5.69 Å². The van der Waals surface area contributed by atoms with Crippen LogP contribution >= 0.6 is 0 Å². The van der Waals surface area contributed by atoms with E-state index in [1.807, 2.05) is 13.8 Å². The maximum atomic E-state index is 8.35. The molecule has 1 aromatic heterocycles. The fraction of sp³-hybridized carbons (Fsp3) is 0.300. The van der Waals surface area contributed by atoms with Gasteiger partial charge in [-0.05, 0) is 19.9 Å². The van der Waals surface area contributed by atoms with E-state index >= 15 is 0 Å². The third kappa shape index (κ3) is 2.68. The van der Waals surface area contributed by atoms with Crippen LogP contribution in [-0.2, 0) is 0 Å². The summed E-state index contributed by atoms with van der Waals surface area (Å²) >= 11 is 0. The zero-order chi connectivity index (χ0) is 12.1. The van der Waals surface area contributed by atoms with E-state index in [1.54, 1.807) is 12.1 Å². The average molecular weight is 219 g/mol. The molecule has 0 aromatic carbocycles. The summed E-state index contributed by atoms with van der Waals surface area (Å²) in [6, 6.07) is 4.82. The Morgan fingerprint density at radius 3 is 2.88 bits per heavy atom. The Labute approximate surface area is 93.7 Å². The van der Waals surface area contributed by atoms with Crippen LogP contribution in [-0.4, -0.2) is 21.9 Å². The molecule has 0 bridgehead atoms. The fourth-order valence-corrected chi connectivity index (χ4v) is 1.04. The first-order chi connectivity index (χ1) is 7.56. The molecule has 0 fully saturated rings. The second-order valence-corrected chi connectivity index (χ2v) is 3.40. The average Bonchev–Trinajstić information content (AvgIpc) is 2.28. The molecule has 6 heteroatoms. The molecule has 0 aliphatic rings. The Morgan fingerprint density at radius 1 is 1.62 bits per heavy atom. The Bertz CT molecular complexity index is 423. The summed E-state index contributed by atoms with van der Waals surface area (Å²) in [5.41, 5.74) is 0.365. The number of rotatable bonds is 3. The lowest BCUT2D eigenvalue weighted by molar-refractivity contribution is 0.361. The van der Waals surface area contributed by atoms with Gasteiger partial charge in [0.25, 0.3) is 6.26 Å². The Kier molecular flexibility index (Phi) is 3.80. The van der Waals surface area contributed by atoms with Crippen LogP contribution in [0.2, 0.25) is 0 Å².